The van der Waals surface area contributed by atoms with E-state index in [1.54, 1.807) is 0 Å². The smallest absolute Gasteiger partial charge is 0.355 e. The third-order valence-corrected chi connectivity index (χ3v) is 6.81. The Balaban J connectivity index is 1.64. The van der Waals surface area contributed by atoms with Gasteiger partial charge < -0.3 is 9.72 Å². The van der Waals surface area contributed by atoms with Crippen LogP contribution in [0.1, 0.15) is 10.5 Å². The summed E-state index contributed by atoms with van der Waals surface area (Å²) >= 11 is 0.610. The number of ether oxygens (including phenoxy) is 1. The zero-order valence-electron chi connectivity index (χ0n) is 15.6. The minimum Gasteiger partial charge on any atom is -0.451 e. The molecule has 3 aromatic rings. The van der Waals surface area contributed by atoms with Crippen LogP contribution in [0, 0.1) is 10.1 Å². The van der Waals surface area contributed by atoms with Crippen molar-refractivity contribution in [1.82, 2.24) is 15.0 Å². The molecule has 3 N–H and O–H groups in total. The summed E-state index contributed by atoms with van der Waals surface area (Å²) in [5, 5.41) is 12.8. The number of carbonyl (C=O) groups is 2. The van der Waals surface area contributed by atoms with Gasteiger partial charge in [-0.05, 0) is 12.1 Å². The number of H-pyrrole nitrogens is 2. The predicted octanol–water partition coefficient (Wildman–Crippen LogP) is 0.0562. The molecule has 2 aromatic heterocycles. The summed E-state index contributed by atoms with van der Waals surface area (Å²) in [7, 11) is -4.04. The lowest BCUT2D eigenvalue weighted by Crippen LogP contribution is -2.27. The molecule has 3 rings (SSSR count). The Labute approximate surface area is 181 Å². The quantitative estimate of drug-likeness (QED) is 0.234. The maximum atomic E-state index is 12.6. The number of hydrogen-bond acceptors (Lipinski definition) is 11. The lowest BCUT2D eigenvalue weighted by atomic mass is 10.3. The number of nitrogens with zero attached hydrogens (tertiary/aromatic N) is 2. The van der Waals surface area contributed by atoms with Crippen molar-refractivity contribution in [2.75, 3.05) is 11.9 Å². The Kier molecular flexibility index (Phi) is 6.26. The summed E-state index contributed by atoms with van der Waals surface area (Å²) in [4.78, 5) is 63.5. The molecular formula is C16H11N5O9S2. The van der Waals surface area contributed by atoms with Crippen LogP contribution in [-0.4, -0.2) is 46.8 Å². The van der Waals surface area contributed by atoms with Gasteiger partial charge in [0.2, 0.25) is 9.84 Å². The van der Waals surface area contributed by atoms with Crippen LogP contribution in [0.25, 0.3) is 0 Å². The SMILES string of the molecule is O=C(COC(=O)c1cc(=O)[nH]c(=O)[nH]1)Nc1ncc(S(=O)(=O)c2ccc([N+](=O)[O-])cc2)s1. The van der Waals surface area contributed by atoms with Crippen molar-refractivity contribution in [2.45, 2.75) is 9.10 Å². The van der Waals surface area contributed by atoms with E-state index in [1.807, 2.05) is 9.97 Å². The van der Waals surface area contributed by atoms with Crippen LogP contribution in [0.15, 0.2) is 55.2 Å². The Morgan fingerprint density at radius 2 is 1.88 bits per heavy atom. The fraction of sp³-hybridized carbons (Fsp3) is 0.0625. The first-order valence-electron chi connectivity index (χ1n) is 8.32. The average Bonchev–Trinajstić information content (AvgIpc) is 3.20. The van der Waals surface area contributed by atoms with E-state index in [9.17, 15) is 37.7 Å². The first-order chi connectivity index (χ1) is 15.1. The minimum absolute atomic E-state index is 0.115. The number of nitro benzene ring substituents is 1. The molecular weight excluding hydrogens is 470 g/mol. The Morgan fingerprint density at radius 1 is 1.19 bits per heavy atom. The van der Waals surface area contributed by atoms with Crippen molar-refractivity contribution in [3.05, 3.63) is 73.2 Å². The van der Waals surface area contributed by atoms with Gasteiger partial charge in [-0.15, -0.1) is 0 Å². The number of aromatic nitrogens is 3. The number of anilines is 1. The van der Waals surface area contributed by atoms with E-state index < -0.39 is 50.2 Å². The molecule has 2 heterocycles. The van der Waals surface area contributed by atoms with E-state index in [1.165, 1.54) is 0 Å². The molecule has 0 atom stereocenters. The molecule has 0 unspecified atom stereocenters. The van der Waals surface area contributed by atoms with Crippen molar-refractivity contribution in [3.63, 3.8) is 0 Å². The van der Waals surface area contributed by atoms with Crippen molar-refractivity contribution in [3.8, 4) is 0 Å². The molecule has 0 spiro atoms. The summed E-state index contributed by atoms with van der Waals surface area (Å²) in [6.45, 7) is -0.808. The maximum absolute atomic E-state index is 12.6. The first kappa shape index (κ1) is 22.5. The van der Waals surface area contributed by atoms with Gasteiger partial charge in [0.05, 0.1) is 16.0 Å². The standard InChI is InChI=1S/C16H11N5O9S2/c22-11-5-10(18-15(25)19-11)14(24)30-7-12(23)20-16-17-6-13(31-16)32(28,29)9-3-1-8(2-4-9)21(26)27/h1-6H,7H2,(H,17,20,23)(H2,18,19,22,25). The van der Waals surface area contributed by atoms with Crippen LogP contribution in [0.3, 0.4) is 0 Å². The second-order valence-corrected chi connectivity index (χ2v) is 9.07. The molecule has 0 saturated carbocycles. The summed E-state index contributed by atoms with van der Waals surface area (Å²) < 4.78 is 29.6. The van der Waals surface area contributed by atoms with E-state index in [4.69, 9.17) is 0 Å². The van der Waals surface area contributed by atoms with E-state index in [0.29, 0.717) is 11.3 Å². The molecule has 14 nitrogen and oxygen atoms in total. The lowest BCUT2D eigenvalue weighted by molar-refractivity contribution is -0.384. The fourth-order valence-corrected chi connectivity index (χ4v) is 4.70. The van der Waals surface area contributed by atoms with Crippen LogP contribution < -0.4 is 16.6 Å². The molecule has 0 aliphatic carbocycles. The summed E-state index contributed by atoms with van der Waals surface area (Å²) in [6, 6.07) is 5.00. The van der Waals surface area contributed by atoms with Gasteiger partial charge in [0, 0.05) is 18.2 Å². The fourth-order valence-electron chi connectivity index (χ4n) is 2.25. The second kappa shape index (κ2) is 8.90. The average molecular weight is 481 g/mol. The molecule has 166 valence electrons. The largest absolute Gasteiger partial charge is 0.451 e. The van der Waals surface area contributed by atoms with Crippen molar-refractivity contribution < 1.29 is 27.7 Å². The van der Waals surface area contributed by atoms with Gasteiger partial charge in [-0.3, -0.25) is 30.0 Å². The molecule has 1 amide bonds. The van der Waals surface area contributed by atoms with Gasteiger partial charge >= 0.3 is 11.7 Å². The van der Waals surface area contributed by atoms with Gasteiger partial charge in [0.25, 0.3) is 17.2 Å². The first-order valence-corrected chi connectivity index (χ1v) is 10.6. The Hall–Kier alpha value is -4.18. The maximum Gasteiger partial charge on any atom is 0.355 e. The predicted molar refractivity (Wildman–Crippen MR) is 107 cm³/mol. The van der Waals surface area contributed by atoms with Gasteiger partial charge in [0.1, 0.15) is 9.90 Å². The molecule has 0 radical (unpaired) electrons. The minimum atomic E-state index is -4.04. The highest BCUT2D eigenvalue weighted by molar-refractivity contribution is 7.93. The Morgan fingerprint density at radius 3 is 2.50 bits per heavy atom. The normalized spacial score (nSPS) is 11.0. The number of esters is 1. The molecule has 0 saturated heterocycles. The number of benzene rings is 1. The van der Waals surface area contributed by atoms with Gasteiger partial charge in [0.15, 0.2) is 11.7 Å². The number of sulfone groups is 1. The van der Waals surface area contributed by atoms with E-state index >= 15 is 0 Å². The van der Waals surface area contributed by atoms with Gasteiger partial charge in [-0.2, -0.15) is 0 Å². The number of thiazole rings is 1. The van der Waals surface area contributed by atoms with Crippen LogP contribution in [0.5, 0.6) is 0 Å². The monoisotopic (exact) mass is 481 g/mol. The number of carbonyl (C=O) groups excluding carboxylic acids is 2. The van der Waals surface area contributed by atoms with Crippen molar-refractivity contribution in [1.29, 1.82) is 0 Å². The zero-order valence-corrected chi connectivity index (χ0v) is 17.2. The number of aromatic amines is 2. The number of amides is 1. The third kappa shape index (κ3) is 5.10. The molecule has 16 heteroatoms. The number of rotatable bonds is 7. The van der Waals surface area contributed by atoms with Crippen LogP contribution in [0.4, 0.5) is 10.8 Å². The van der Waals surface area contributed by atoms with Crippen LogP contribution in [0.2, 0.25) is 0 Å². The van der Waals surface area contributed by atoms with E-state index in [2.05, 4.69) is 15.0 Å². The highest BCUT2D eigenvalue weighted by atomic mass is 32.2. The molecule has 0 fully saturated rings. The summed E-state index contributed by atoms with van der Waals surface area (Å²) in [5.74, 6) is -2.00. The van der Waals surface area contributed by atoms with Crippen molar-refractivity contribution in [2.24, 2.45) is 0 Å². The van der Waals surface area contributed by atoms with Crippen LogP contribution >= 0.6 is 11.3 Å². The molecule has 1 aromatic carbocycles. The topological polar surface area (TPSA) is 211 Å². The van der Waals surface area contributed by atoms with E-state index in [-0.39, 0.29) is 19.9 Å². The van der Waals surface area contributed by atoms with Gasteiger partial charge in [-0.1, -0.05) is 11.3 Å². The Bertz CT molecular complexity index is 1390. The highest BCUT2D eigenvalue weighted by Crippen LogP contribution is 2.29. The van der Waals surface area contributed by atoms with Gasteiger partial charge in [-0.25, -0.2) is 23.0 Å². The number of nitrogens with one attached hydrogen (secondary N) is 3. The molecule has 0 bridgehead atoms. The third-order valence-electron chi connectivity index (χ3n) is 3.67. The molecule has 0 aliphatic heterocycles. The molecule has 32 heavy (non-hydrogen) atoms. The summed E-state index contributed by atoms with van der Waals surface area (Å²) in [6.07, 6.45) is 0.990. The number of nitro groups is 1. The van der Waals surface area contributed by atoms with E-state index in [0.717, 1.165) is 36.5 Å². The highest BCUT2D eigenvalue weighted by Gasteiger charge is 2.22. The van der Waals surface area contributed by atoms with Crippen molar-refractivity contribution >= 4 is 43.9 Å². The zero-order chi connectivity index (χ0) is 23.5. The lowest BCUT2D eigenvalue weighted by Gasteiger charge is -2.04. The number of hydrogen-bond donors (Lipinski definition) is 3. The number of non-ortho nitro benzene ring substituents is 1. The van der Waals surface area contributed by atoms with Crippen LogP contribution in [-0.2, 0) is 19.4 Å². The summed E-state index contributed by atoms with van der Waals surface area (Å²) in [5.41, 5.74) is -2.51. The second-order valence-electron chi connectivity index (χ2n) is 5.86. The molecule has 0 aliphatic rings.